The Morgan fingerprint density at radius 2 is 0.725 bits per heavy atom. The van der Waals surface area contributed by atoms with Crippen molar-refractivity contribution >= 4 is 56.1 Å². The predicted octanol–water partition coefficient (Wildman–Crippen LogP) is 9.03. The van der Waals surface area contributed by atoms with Crippen LogP contribution in [0.5, 0.6) is 0 Å². The number of anilines is 4. The average Bonchev–Trinajstić information content (AvgIpc) is 2.98. The Morgan fingerprint density at radius 3 is 1.07 bits per heavy atom. The second-order valence-electron chi connectivity index (χ2n) is 9.74. The summed E-state index contributed by atoms with van der Waals surface area (Å²) < 4.78 is 0. The molecule has 0 aromatic heterocycles. The standard InChI is InChI=1S/C36H28N2O2/c1-25(39)37(27-13-5-3-6-14-27)35-23-21-31(29-17-9-11-19-33(29)35)32-22-24-36(34-20-12-10-18-30(32)34)38(26(2)40)28-15-7-4-8-16-28/h3-24H,1-2H3. The van der Waals surface area contributed by atoms with Gasteiger partial charge in [0.25, 0.3) is 0 Å². The van der Waals surface area contributed by atoms with Gasteiger partial charge in [-0.05, 0) is 58.3 Å². The summed E-state index contributed by atoms with van der Waals surface area (Å²) in [6, 6.07) is 44.1. The van der Waals surface area contributed by atoms with E-state index in [2.05, 4.69) is 36.4 Å². The van der Waals surface area contributed by atoms with Crippen LogP contribution in [0.25, 0.3) is 32.7 Å². The van der Waals surface area contributed by atoms with E-state index in [1.807, 2.05) is 97.1 Å². The molecule has 4 heteroatoms. The van der Waals surface area contributed by atoms with Crippen molar-refractivity contribution in [3.05, 3.63) is 133 Å². The van der Waals surface area contributed by atoms with Gasteiger partial charge >= 0.3 is 0 Å². The number of carbonyl (C=O) groups excluding carboxylic acids is 2. The fourth-order valence-corrected chi connectivity index (χ4v) is 5.56. The Morgan fingerprint density at radius 1 is 0.400 bits per heavy atom. The fourth-order valence-electron chi connectivity index (χ4n) is 5.56. The molecule has 0 aliphatic heterocycles. The van der Waals surface area contributed by atoms with Crippen LogP contribution in [0.15, 0.2) is 133 Å². The Labute approximate surface area is 233 Å². The number of rotatable bonds is 5. The van der Waals surface area contributed by atoms with Crippen LogP contribution in [0, 0.1) is 0 Å². The molecule has 0 fully saturated rings. The lowest BCUT2D eigenvalue weighted by atomic mass is 9.92. The van der Waals surface area contributed by atoms with Crippen LogP contribution in [0.3, 0.4) is 0 Å². The third kappa shape index (κ3) is 4.40. The number of benzene rings is 6. The molecule has 6 rings (SSSR count). The van der Waals surface area contributed by atoms with E-state index in [4.69, 9.17) is 0 Å². The average molecular weight is 521 g/mol. The third-order valence-corrected chi connectivity index (χ3v) is 7.23. The number of hydrogen-bond donors (Lipinski definition) is 0. The van der Waals surface area contributed by atoms with Crippen molar-refractivity contribution in [3.8, 4) is 11.1 Å². The smallest absolute Gasteiger partial charge is 0.228 e. The van der Waals surface area contributed by atoms with Crippen molar-refractivity contribution in [2.45, 2.75) is 13.8 Å². The highest BCUT2D eigenvalue weighted by Gasteiger charge is 2.21. The van der Waals surface area contributed by atoms with Crippen molar-refractivity contribution in [1.82, 2.24) is 0 Å². The first-order valence-corrected chi connectivity index (χ1v) is 13.3. The van der Waals surface area contributed by atoms with Crippen molar-refractivity contribution in [1.29, 1.82) is 0 Å². The zero-order valence-electron chi connectivity index (χ0n) is 22.4. The molecule has 0 aliphatic carbocycles. The number of hydrogen-bond acceptors (Lipinski definition) is 2. The van der Waals surface area contributed by atoms with Gasteiger partial charge in [-0.2, -0.15) is 0 Å². The normalized spacial score (nSPS) is 10.9. The largest absolute Gasteiger partial charge is 0.281 e. The summed E-state index contributed by atoms with van der Waals surface area (Å²) in [5.41, 5.74) is 5.46. The highest BCUT2D eigenvalue weighted by atomic mass is 16.2. The molecule has 0 N–H and O–H groups in total. The lowest BCUT2D eigenvalue weighted by Gasteiger charge is -2.25. The first-order chi connectivity index (χ1) is 19.5. The quantitative estimate of drug-likeness (QED) is 0.227. The van der Waals surface area contributed by atoms with Gasteiger partial charge in [0.15, 0.2) is 0 Å². The Bertz CT molecular complexity index is 1720. The van der Waals surface area contributed by atoms with Gasteiger partial charge in [0.05, 0.1) is 11.4 Å². The van der Waals surface area contributed by atoms with E-state index in [0.29, 0.717) is 0 Å². The SMILES string of the molecule is CC(=O)N(c1ccccc1)c1ccc(-c2ccc(N(C(C)=O)c3ccccc3)c3ccccc23)c2ccccc12. The van der Waals surface area contributed by atoms with Crippen LogP contribution in [0.2, 0.25) is 0 Å². The van der Waals surface area contributed by atoms with Gasteiger partial charge in [0.2, 0.25) is 11.8 Å². The molecule has 2 amide bonds. The zero-order chi connectivity index (χ0) is 27.6. The summed E-state index contributed by atoms with van der Waals surface area (Å²) in [7, 11) is 0. The van der Waals surface area contributed by atoms with Crippen LogP contribution in [0.1, 0.15) is 13.8 Å². The van der Waals surface area contributed by atoms with E-state index < -0.39 is 0 Å². The highest BCUT2D eigenvalue weighted by molar-refractivity contribution is 6.16. The molecular weight excluding hydrogens is 492 g/mol. The lowest BCUT2D eigenvalue weighted by Crippen LogP contribution is -2.23. The molecule has 0 saturated heterocycles. The maximum Gasteiger partial charge on any atom is 0.228 e. The van der Waals surface area contributed by atoms with E-state index in [-0.39, 0.29) is 11.8 Å². The highest BCUT2D eigenvalue weighted by Crippen LogP contribution is 2.42. The van der Waals surface area contributed by atoms with E-state index in [1.165, 1.54) is 0 Å². The topological polar surface area (TPSA) is 40.6 Å². The second kappa shape index (κ2) is 10.5. The second-order valence-corrected chi connectivity index (χ2v) is 9.74. The Balaban J connectivity index is 1.57. The summed E-state index contributed by atoms with van der Waals surface area (Å²) in [5, 5.41) is 4.07. The third-order valence-electron chi connectivity index (χ3n) is 7.23. The van der Waals surface area contributed by atoms with Gasteiger partial charge in [-0.15, -0.1) is 0 Å². The molecule has 0 bridgehead atoms. The molecule has 0 saturated carbocycles. The van der Waals surface area contributed by atoms with Crippen LogP contribution in [-0.4, -0.2) is 11.8 Å². The lowest BCUT2D eigenvalue weighted by molar-refractivity contribution is -0.116. The maximum absolute atomic E-state index is 12.9. The minimum Gasteiger partial charge on any atom is -0.281 e. The first-order valence-electron chi connectivity index (χ1n) is 13.3. The van der Waals surface area contributed by atoms with Gasteiger partial charge in [0, 0.05) is 36.0 Å². The molecule has 6 aromatic rings. The van der Waals surface area contributed by atoms with Crippen molar-refractivity contribution in [2.24, 2.45) is 0 Å². The van der Waals surface area contributed by atoms with Crippen LogP contribution in [0.4, 0.5) is 22.7 Å². The number of amides is 2. The van der Waals surface area contributed by atoms with Gasteiger partial charge in [0.1, 0.15) is 0 Å². The maximum atomic E-state index is 12.9. The molecule has 0 atom stereocenters. The molecule has 0 spiro atoms. The summed E-state index contributed by atoms with van der Waals surface area (Å²) >= 11 is 0. The predicted molar refractivity (Wildman–Crippen MR) is 165 cm³/mol. The zero-order valence-corrected chi connectivity index (χ0v) is 22.4. The molecule has 0 unspecified atom stereocenters. The van der Waals surface area contributed by atoms with Gasteiger partial charge < -0.3 is 0 Å². The fraction of sp³-hybridized carbons (Fsp3) is 0.0556. The van der Waals surface area contributed by atoms with E-state index in [1.54, 1.807) is 23.6 Å². The van der Waals surface area contributed by atoms with Crippen molar-refractivity contribution < 1.29 is 9.59 Å². The van der Waals surface area contributed by atoms with E-state index in [0.717, 1.165) is 55.4 Å². The minimum atomic E-state index is -0.0517. The molecule has 0 radical (unpaired) electrons. The van der Waals surface area contributed by atoms with Gasteiger partial charge in [-0.1, -0.05) is 97.1 Å². The van der Waals surface area contributed by atoms with Crippen LogP contribution < -0.4 is 9.80 Å². The van der Waals surface area contributed by atoms with E-state index >= 15 is 0 Å². The van der Waals surface area contributed by atoms with Crippen molar-refractivity contribution in [3.63, 3.8) is 0 Å². The van der Waals surface area contributed by atoms with Gasteiger partial charge in [-0.25, -0.2) is 0 Å². The Kier molecular flexibility index (Phi) is 6.59. The number of nitrogens with zero attached hydrogens (tertiary/aromatic N) is 2. The molecule has 4 nitrogen and oxygen atoms in total. The summed E-state index contributed by atoms with van der Waals surface area (Å²) in [6.07, 6.45) is 0. The number of para-hydroxylation sites is 2. The summed E-state index contributed by atoms with van der Waals surface area (Å²) in [6.45, 7) is 3.19. The summed E-state index contributed by atoms with van der Waals surface area (Å²) in [4.78, 5) is 29.3. The van der Waals surface area contributed by atoms with E-state index in [9.17, 15) is 9.59 Å². The molecular formula is C36H28N2O2. The van der Waals surface area contributed by atoms with Crippen LogP contribution >= 0.6 is 0 Å². The summed E-state index contributed by atoms with van der Waals surface area (Å²) in [5.74, 6) is -0.103. The number of carbonyl (C=O) groups is 2. The first kappa shape index (κ1) is 25.1. The molecule has 6 aromatic carbocycles. The van der Waals surface area contributed by atoms with Crippen molar-refractivity contribution in [2.75, 3.05) is 9.80 Å². The molecule has 0 heterocycles. The molecule has 40 heavy (non-hydrogen) atoms. The molecule has 0 aliphatic rings. The monoisotopic (exact) mass is 520 g/mol. The Hall–Kier alpha value is -5.22. The van der Waals surface area contributed by atoms with Crippen LogP contribution in [-0.2, 0) is 9.59 Å². The number of fused-ring (bicyclic) bond motifs is 2. The molecule has 194 valence electrons. The minimum absolute atomic E-state index is 0.0517. The van der Waals surface area contributed by atoms with Gasteiger partial charge in [-0.3, -0.25) is 19.4 Å².